The molecule has 0 aromatic carbocycles. The van der Waals surface area contributed by atoms with Crippen molar-refractivity contribution in [2.75, 3.05) is 5.32 Å². The van der Waals surface area contributed by atoms with Crippen molar-refractivity contribution < 1.29 is 14.7 Å². The van der Waals surface area contributed by atoms with Gasteiger partial charge in [0.05, 0.1) is 4.88 Å². The van der Waals surface area contributed by atoms with Crippen LogP contribution >= 0.6 is 11.3 Å². The van der Waals surface area contributed by atoms with Crippen molar-refractivity contribution in [3.8, 4) is 0 Å². The van der Waals surface area contributed by atoms with Gasteiger partial charge >= 0.3 is 5.97 Å². The summed E-state index contributed by atoms with van der Waals surface area (Å²) in [6.45, 7) is 0. The van der Waals surface area contributed by atoms with Crippen LogP contribution in [0.3, 0.4) is 0 Å². The highest BCUT2D eigenvalue weighted by Gasteiger charge is 2.12. The van der Waals surface area contributed by atoms with Gasteiger partial charge in [-0.05, 0) is 29.2 Å². The summed E-state index contributed by atoms with van der Waals surface area (Å²) in [5.74, 6) is -1.23. The van der Waals surface area contributed by atoms with Gasteiger partial charge in [0.2, 0.25) is 5.95 Å². The Balaban J connectivity index is 2.16. The maximum atomic E-state index is 12.0. The number of nitrogens with zero attached hydrogens (tertiary/aromatic N) is 2. The van der Waals surface area contributed by atoms with E-state index in [1.54, 1.807) is 17.5 Å². The smallest absolute Gasteiger partial charge is 0.328 e. The van der Waals surface area contributed by atoms with E-state index in [1.807, 2.05) is 0 Å². The molecule has 0 spiro atoms. The molecule has 7 heteroatoms. The number of anilines is 1. The average molecular weight is 275 g/mol. The van der Waals surface area contributed by atoms with Crippen molar-refractivity contribution in [3.05, 3.63) is 46.4 Å². The zero-order valence-corrected chi connectivity index (χ0v) is 10.4. The second-order valence-electron chi connectivity index (χ2n) is 3.40. The number of hydrogen-bond acceptors (Lipinski definition) is 5. The number of rotatable bonds is 4. The number of aliphatic carboxylic acids is 1. The lowest BCUT2D eigenvalue weighted by Crippen LogP contribution is -2.13. The fourth-order valence-electron chi connectivity index (χ4n) is 1.32. The normalized spacial score (nSPS) is 10.5. The van der Waals surface area contributed by atoms with Gasteiger partial charge < -0.3 is 5.11 Å². The van der Waals surface area contributed by atoms with Gasteiger partial charge in [0.1, 0.15) is 0 Å². The quantitative estimate of drug-likeness (QED) is 0.831. The van der Waals surface area contributed by atoms with Crippen molar-refractivity contribution in [3.63, 3.8) is 0 Å². The lowest BCUT2D eigenvalue weighted by Gasteiger charge is -2.01. The number of carboxylic acids is 1. The van der Waals surface area contributed by atoms with Gasteiger partial charge in [0.25, 0.3) is 5.91 Å². The average Bonchev–Trinajstić information content (AvgIpc) is 2.86. The summed E-state index contributed by atoms with van der Waals surface area (Å²) in [7, 11) is 0. The molecule has 2 N–H and O–H groups in total. The zero-order chi connectivity index (χ0) is 13.7. The van der Waals surface area contributed by atoms with Crippen LogP contribution in [0.5, 0.6) is 0 Å². The van der Waals surface area contributed by atoms with E-state index in [4.69, 9.17) is 5.11 Å². The van der Waals surface area contributed by atoms with Crippen LogP contribution in [-0.4, -0.2) is 27.0 Å². The highest BCUT2D eigenvalue weighted by molar-refractivity contribution is 7.12. The van der Waals surface area contributed by atoms with E-state index in [0.717, 1.165) is 6.08 Å². The first-order chi connectivity index (χ1) is 9.16. The Morgan fingerprint density at radius 1 is 1.32 bits per heavy atom. The second-order valence-corrected chi connectivity index (χ2v) is 4.32. The molecule has 2 aromatic rings. The van der Waals surface area contributed by atoms with Gasteiger partial charge in [-0.15, -0.1) is 11.3 Å². The lowest BCUT2D eigenvalue weighted by molar-refractivity contribution is -0.131. The molecule has 2 heterocycles. The number of thiophene rings is 1. The predicted molar refractivity (Wildman–Crippen MR) is 71.0 cm³/mol. The summed E-state index contributed by atoms with van der Waals surface area (Å²) < 4.78 is 0. The molecule has 0 saturated carbocycles. The largest absolute Gasteiger partial charge is 0.478 e. The molecule has 0 unspecified atom stereocenters. The predicted octanol–water partition coefficient (Wildman–Crippen LogP) is 1.89. The zero-order valence-electron chi connectivity index (χ0n) is 9.61. The van der Waals surface area contributed by atoms with Gasteiger partial charge in [-0.3, -0.25) is 10.1 Å². The molecule has 2 aromatic heterocycles. The number of hydrogen-bond donors (Lipinski definition) is 2. The van der Waals surface area contributed by atoms with Gasteiger partial charge in [-0.25, -0.2) is 14.8 Å². The molecule has 6 nitrogen and oxygen atoms in total. The highest BCUT2D eigenvalue weighted by atomic mass is 32.1. The first-order valence-electron chi connectivity index (χ1n) is 5.23. The Labute approximate surface area is 112 Å². The van der Waals surface area contributed by atoms with Gasteiger partial charge in [-0.2, -0.15) is 0 Å². The van der Waals surface area contributed by atoms with E-state index in [9.17, 15) is 9.59 Å². The third-order valence-corrected chi connectivity index (χ3v) is 3.03. The Morgan fingerprint density at radius 2 is 2.05 bits per heavy atom. The Kier molecular flexibility index (Phi) is 3.99. The molecule has 0 aliphatic carbocycles. The number of carbonyl (C=O) groups is 2. The second kappa shape index (κ2) is 5.87. The maximum Gasteiger partial charge on any atom is 0.328 e. The van der Waals surface area contributed by atoms with E-state index < -0.39 is 5.97 Å². The number of aromatic nitrogens is 2. The van der Waals surface area contributed by atoms with E-state index in [0.29, 0.717) is 10.4 Å². The minimum atomic E-state index is -1.07. The van der Waals surface area contributed by atoms with E-state index in [2.05, 4.69) is 15.3 Å². The summed E-state index contributed by atoms with van der Waals surface area (Å²) in [4.78, 5) is 30.6. The monoisotopic (exact) mass is 275 g/mol. The fraction of sp³-hybridized carbons (Fsp3) is 0. The first kappa shape index (κ1) is 12.9. The van der Waals surface area contributed by atoms with Gasteiger partial charge in [0, 0.05) is 18.5 Å². The topological polar surface area (TPSA) is 92.2 Å². The van der Waals surface area contributed by atoms with Crippen LogP contribution in [-0.2, 0) is 4.79 Å². The van der Waals surface area contributed by atoms with Crippen molar-refractivity contribution in [1.29, 1.82) is 0 Å². The van der Waals surface area contributed by atoms with Crippen molar-refractivity contribution >= 4 is 35.2 Å². The minimum absolute atomic E-state index is 0.203. The van der Waals surface area contributed by atoms with Crippen LogP contribution in [0.25, 0.3) is 6.08 Å². The molecule has 0 radical (unpaired) electrons. The van der Waals surface area contributed by atoms with Gasteiger partial charge in [-0.1, -0.05) is 0 Å². The van der Waals surface area contributed by atoms with E-state index >= 15 is 0 Å². The number of nitrogens with one attached hydrogen (secondary N) is 1. The molecule has 0 saturated heterocycles. The number of carboxylic acid groups (broad SMARTS) is 1. The Morgan fingerprint density at radius 3 is 2.74 bits per heavy atom. The van der Waals surface area contributed by atoms with Crippen LogP contribution in [0.4, 0.5) is 5.95 Å². The minimum Gasteiger partial charge on any atom is -0.478 e. The maximum absolute atomic E-state index is 12.0. The third-order valence-electron chi connectivity index (χ3n) is 2.10. The molecule has 0 bridgehead atoms. The van der Waals surface area contributed by atoms with Crippen LogP contribution in [0.15, 0.2) is 36.0 Å². The number of amides is 1. The third kappa shape index (κ3) is 3.46. The summed E-state index contributed by atoms with van der Waals surface area (Å²) >= 11 is 1.22. The molecule has 0 fully saturated rings. The molecule has 0 atom stereocenters. The standard InChI is InChI=1S/C12H9N3O3S/c16-9(17)3-2-8-4-7-19-10(8)11(18)15-12-13-5-1-6-14-12/h1-7H,(H,16,17)(H,13,14,15,18). The molecule has 0 aliphatic rings. The fourth-order valence-corrected chi connectivity index (χ4v) is 2.10. The van der Waals surface area contributed by atoms with Crippen LogP contribution < -0.4 is 5.32 Å². The van der Waals surface area contributed by atoms with Gasteiger partial charge in [0.15, 0.2) is 0 Å². The summed E-state index contributed by atoms with van der Waals surface area (Å²) in [5.41, 5.74) is 0.542. The summed E-state index contributed by atoms with van der Waals surface area (Å²) in [6, 6.07) is 3.31. The van der Waals surface area contributed by atoms with Crippen molar-refractivity contribution in [2.45, 2.75) is 0 Å². The lowest BCUT2D eigenvalue weighted by atomic mass is 10.2. The highest BCUT2D eigenvalue weighted by Crippen LogP contribution is 2.19. The van der Waals surface area contributed by atoms with Crippen LogP contribution in [0, 0.1) is 0 Å². The van der Waals surface area contributed by atoms with Crippen molar-refractivity contribution in [2.24, 2.45) is 0 Å². The summed E-state index contributed by atoms with van der Waals surface area (Å²) in [6.07, 6.45) is 5.39. The molecule has 0 aliphatic heterocycles. The SMILES string of the molecule is O=C(O)C=Cc1ccsc1C(=O)Nc1ncccn1. The molecule has 96 valence electrons. The Hall–Kier alpha value is -2.54. The molecular formula is C12H9N3O3S. The number of carbonyl (C=O) groups excluding carboxylic acids is 1. The molecule has 1 amide bonds. The molecule has 19 heavy (non-hydrogen) atoms. The Bertz CT molecular complexity index is 622. The van der Waals surface area contributed by atoms with Crippen molar-refractivity contribution in [1.82, 2.24) is 9.97 Å². The van der Waals surface area contributed by atoms with Crippen LogP contribution in [0.1, 0.15) is 15.2 Å². The summed E-state index contributed by atoms with van der Waals surface area (Å²) in [5, 5.41) is 12.8. The molecule has 2 rings (SSSR count). The molecular weight excluding hydrogens is 266 g/mol. The van der Waals surface area contributed by atoms with E-state index in [1.165, 1.54) is 29.8 Å². The first-order valence-corrected chi connectivity index (χ1v) is 6.11. The van der Waals surface area contributed by atoms with Crippen LogP contribution in [0.2, 0.25) is 0 Å². The van der Waals surface area contributed by atoms with E-state index in [-0.39, 0.29) is 11.9 Å².